The predicted molar refractivity (Wildman–Crippen MR) is 87.2 cm³/mol. The fourth-order valence-corrected chi connectivity index (χ4v) is 2.63. The van der Waals surface area contributed by atoms with Crippen LogP contribution in [0.2, 0.25) is 5.02 Å². The zero-order valence-electron chi connectivity index (χ0n) is 13.4. The van der Waals surface area contributed by atoms with Crippen LogP contribution in [-0.4, -0.2) is 38.1 Å². The number of amides is 2. The molecule has 6 nitrogen and oxygen atoms in total. The van der Waals surface area contributed by atoms with Crippen molar-refractivity contribution in [2.45, 2.75) is 26.3 Å². The molecule has 1 aliphatic rings. The summed E-state index contributed by atoms with van der Waals surface area (Å²) >= 11 is 6.14. The second-order valence-corrected chi connectivity index (χ2v) is 6.16. The van der Waals surface area contributed by atoms with E-state index in [1.54, 1.807) is 13.1 Å². The monoisotopic (exact) mass is 340 g/mol. The van der Waals surface area contributed by atoms with Gasteiger partial charge in [0, 0.05) is 12.6 Å². The third kappa shape index (κ3) is 4.28. The molecule has 2 rings (SSSR count). The summed E-state index contributed by atoms with van der Waals surface area (Å²) in [7, 11) is 1.54. The normalized spacial score (nSPS) is 14.3. The van der Waals surface area contributed by atoms with E-state index in [4.69, 9.17) is 21.1 Å². The van der Waals surface area contributed by atoms with Gasteiger partial charge < -0.3 is 20.1 Å². The number of carbonyl (C=O) groups excluding carboxylic acids is 2. The van der Waals surface area contributed by atoms with Crippen molar-refractivity contribution in [1.82, 2.24) is 10.6 Å². The van der Waals surface area contributed by atoms with Crippen LogP contribution < -0.4 is 20.1 Å². The van der Waals surface area contributed by atoms with Gasteiger partial charge in [-0.05, 0) is 24.5 Å². The number of likely N-dealkylation sites (N-methyl/N-ethyl adjacent to an activating group) is 1. The van der Waals surface area contributed by atoms with Crippen LogP contribution in [0.1, 0.15) is 30.6 Å². The fraction of sp³-hybridized carbons (Fsp3) is 0.500. The molecule has 0 radical (unpaired) electrons. The molecule has 1 aromatic carbocycles. The Morgan fingerprint density at radius 1 is 1.26 bits per heavy atom. The molecular formula is C16H21ClN2O4. The summed E-state index contributed by atoms with van der Waals surface area (Å²) in [6.07, 6.45) is 0.545. The Morgan fingerprint density at radius 2 is 1.96 bits per heavy atom. The molecule has 7 heteroatoms. The Balaban J connectivity index is 2.18. The minimum Gasteiger partial charge on any atom is -0.486 e. The molecule has 0 saturated carbocycles. The quantitative estimate of drug-likeness (QED) is 0.859. The van der Waals surface area contributed by atoms with Crippen molar-refractivity contribution in [2.24, 2.45) is 5.92 Å². The van der Waals surface area contributed by atoms with Crippen LogP contribution in [0.5, 0.6) is 11.5 Å². The zero-order valence-corrected chi connectivity index (χ0v) is 14.2. The van der Waals surface area contributed by atoms with E-state index in [9.17, 15) is 9.59 Å². The first-order valence-electron chi connectivity index (χ1n) is 7.54. The van der Waals surface area contributed by atoms with Gasteiger partial charge >= 0.3 is 0 Å². The van der Waals surface area contributed by atoms with Gasteiger partial charge in [0.25, 0.3) is 5.91 Å². The molecule has 0 fully saturated rings. The number of halogens is 1. The number of fused-ring (bicyclic) bond motifs is 1. The summed E-state index contributed by atoms with van der Waals surface area (Å²) in [6, 6.07) is 2.49. The maximum Gasteiger partial charge on any atom is 0.252 e. The van der Waals surface area contributed by atoms with Gasteiger partial charge in [0.2, 0.25) is 5.91 Å². The van der Waals surface area contributed by atoms with Gasteiger partial charge in [-0.2, -0.15) is 0 Å². The summed E-state index contributed by atoms with van der Waals surface area (Å²) in [5, 5.41) is 5.62. The predicted octanol–water partition coefficient (Wildman–Crippen LogP) is 2.00. The first-order valence-corrected chi connectivity index (χ1v) is 7.91. The lowest BCUT2D eigenvalue weighted by molar-refractivity contribution is -0.122. The van der Waals surface area contributed by atoms with Crippen molar-refractivity contribution >= 4 is 23.4 Å². The Hall–Kier alpha value is -1.95. The van der Waals surface area contributed by atoms with E-state index in [0.29, 0.717) is 41.7 Å². The number of carbonyl (C=O) groups is 2. The van der Waals surface area contributed by atoms with Crippen molar-refractivity contribution in [3.8, 4) is 11.5 Å². The summed E-state index contributed by atoms with van der Waals surface area (Å²) < 4.78 is 10.9. The number of hydrogen-bond acceptors (Lipinski definition) is 4. The van der Waals surface area contributed by atoms with Crippen LogP contribution in [0, 0.1) is 5.92 Å². The van der Waals surface area contributed by atoms with E-state index in [-0.39, 0.29) is 17.7 Å². The van der Waals surface area contributed by atoms with Gasteiger partial charge in [0.1, 0.15) is 19.3 Å². The highest BCUT2D eigenvalue weighted by atomic mass is 35.5. The molecular weight excluding hydrogens is 320 g/mol. The maximum atomic E-state index is 12.4. The van der Waals surface area contributed by atoms with Crippen molar-refractivity contribution in [2.75, 3.05) is 20.3 Å². The SMILES string of the molecule is CNC(=O)[C@H](CC(C)C)NC(=O)c1cc(Cl)c2c(c1)OCCO2. The Bertz CT molecular complexity index is 604. The molecule has 0 aromatic heterocycles. The molecule has 2 N–H and O–H groups in total. The summed E-state index contributed by atoms with van der Waals surface area (Å²) in [4.78, 5) is 24.4. The van der Waals surface area contributed by atoms with Crippen LogP contribution in [0.15, 0.2) is 12.1 Å². The number of rotatable bonds is 5. The third-order valence-corrected chi connectivity index (χ3v) is 3.72. The van der Waals surface area contributed by atoms with Gasteiger partial charge in [0.05, 0.1) is 5.02 Å². The van der Waals surface area contributed by atoms with Crippen molar-refractivity contribution in [1.29, 1.82) is 0 Å². The smallest absolute Gasteiger partial charge is 0.252 e. The summed E-state index contributed by atoms with van der Waals surface area (Å²) in [5.74, 6) is 0.545. The van der Waals surface area contributed by atoms with Crippen molar-refractivity contribution < 1.29 is 19.1 Å². The molecule has 0 saturated heterocycles. The lowest BCUT2D eigenvalue weighted by Crippen LogP contribution is -2.46. The van der Waals surface area contributed by atoms with Crippen LogP contribution in [0.25, 0.3) is 0 Å². The van der Waals surface area contributed by atoms with Crippen molar-refractivity contribution in [3.05, 3.63) is 22.7 Å². The molecule has 1 aliphatic heterocycles. The number of nitrogens with one attached hydrogen (secondary N) is 2. The average Bonchev–Trinajstić information content (AvgIpc) is 2.53. The van der Waals surface area contributed by atoms with Gasteiger partial charge in [0.15, 0.2) is 11.5 Å². The molecule has 1 atom stereocenters. The summed E-state index contributed by atoms with van der Waals surface area (Å²) in [5.41, 5.74) is 0.330. The first-order chi connectivity index (χ1) is 10.9. The minimum atomic E-state index is -0.598. The molecule has 0 unspecified atom stereocenters. The lowest BCUT2D eigenvalue weighted by atomic mass is 10.0. The largest absolute Gasteiger partial charge is 0.486 e. The van der Waals surface area contributed by atoms with Crippen LogP contribution in [-0.2, 0) is 4.79 Å². The molecule has 0 bridgehead atoms. The molecule has 23 heavy (non-hydrogen) atoms. The van der Waals surface area contributed by atoms with Crippen LogP contribution in [0.4, 0.5) is 0 Å². The first kappa shape index (κ1) is 17.4. The van der Waals surface area contributed by atoms with Gasteiger partial charge in [-0.15, -0.1) is 0 Å². The van der Waals surface area contributed by atoms with E-state index in [0.717, 1.165) is 0 Å². The van der Waals surface area contributed by atoms with Gasteiger partial charge in [-0.3, -0.25) is 9.59 Å². The zero-order chi connectivity index (χ0) is 17.0. The molecule has 0 spiro atoms. The maximum absolute atomic E-state index is 12.4. The molecule has 2 amide bonds. The van der Waals surface area contributed by atoms with Gasteiger partial charge in [-0.25, -0.2) is 0 Å². The topological polar surface area (TPSA) is 76.7 Å². The standard InChI is InChI=1S/C16H21ClN2O4/c1-9(2)6-12(16(21)18-3)19-15(20)10-7-11(17)14-13(8-10)22-4-5-23-14/h7-9,12H,4-6H2,1-3H3,(H,18,21)(H,19,20)/t12-/m0/s1. The minimum absolute atomic E-state index is 0.226. The van der Waals surface area contributed by atoms with Crippen molar-refractivity contribution in [3.63, 3.8) is 0 Å². The Morgan fingerprint density at radius 3 is 2.61 bits per heavy atom. The fourth-order valence-electron chi connectivity index (χ4n) is 2.36. The van der Waals surface area contributed by atoms with Gasteiger partial charge in [-0.1, -0.05) is 25.4 Å². The average molecular weight is 341 g/mol. The molecule has 1 heterocycles. The van der Waals surface area contributed by atoms with E-state index >= 15 is 0 Å². The highest BCUT2D eigenvalue weighted by Crippen LogP contribution is 2.38. The molecule has 0 aliphatic carbocycles. The molecule has 1 aromatic rings. The highest BCUT2D eigenvalue weighted by molar-refractivity contribution is 6.32. The number of benzene rings is 1. The van der Waals surface area contributed by atoms with E-state index < -0.39 is 6.04 Å². The Kier molecular flexibility index (Phi) is 5.71. The van der Waals surface area contributed by atoms with E-state index in [1.807, 2.05) is 13.8 Å². The number of ether oxygens (including phenoxy) is 2. The van der Waals surface area contributed by atoms with Crippen LogP contribution in [0.3, 0.4) is 0 Å². The summed E-state index contributed by atoms with van der Waals surface area (Å²) in [6.45, 7) is 4.81. The highest BCUT2D eigenvalue weighted by Gasteiger charge is 2.24. The van der Waals surface area contributed by atoms with E-state index in [2.05, 4.69) is 10.6 Å². The van der Waals surface area contributed by atoms with Crippen LogP contribution >= 0.6 is 11.6 Å². The molecule has 126 valence electrons. The Labute approximate surface area is 140 Å². The van der Waals surface area contributed by atoms with E-state index in [1.165, 1.54) is 6.07 Å². The third-order valence-electron chi connectivity index (χ3n) is 3.43. The second-order valence-electron chi connectivity index (χ2n) is 5.75. The number of hydrogen-bond donors (Lipinski definition) is 2. The second kappa shape index (κ2) is 7.55. The lowest BCUT2D eigenvalue weighted by Gasteiger charge is -2.22.